The van der Waals surface area contributed by atoms with E-state index in [0.717, 1.165) is 25.9 Å². The molecular formula is C11H22N2O2. The smallest absolute Gasteiger partial charge is 0.222 e. The lowest BCUT2D eigenvalue weighted by atomic mass is 10.2. The predicted octanol–water partition coefficient (Wildman–Crippen LogP) is 1.29. The van der Waals surface area contributed by atoms with E-state index < -0.39 is 0 Å². The van der Waals surface area contributed by atoms with Crippen LogP contribution in [-0.4, -0.2) is 29.8 Å². The first kappa shape index (κ1) is 13.9. The molecule has 0 bridgehead atoms. The maximum atomic E-state index is 11.7. The second-order valence-corrected chi connectivity index (χ2v) is 3.70. The zero-order chi connectivity index (χ0) is 11.7. The first-order chi connectivity index (χ1) is 7.11. The van der Waals surface area contributed by atoms with Gasteiger partial charge in [0.25, 0.3) is 0 Å². The highest BCUT2D eigenvalue weighted by Gasteiger charge is 2.11. The Kier molecular flexibility index (Phi) is 7.68. The Balaban J connectivity index is 3.85. The number of nitrogens with two attached hydrogens (primary N) is 1. The average molecular weight is 214 g/mol. The average Bonchev–Trinajstić information content (AvgIpc) is 2.16. The number of hydrogen-bond acceptors (Lipinski definition) is 2. The number of amides is 2. The van der Waals surface area contributed by atoms with Crippen LogP contribution in [0, 0.1) is 0 Å². The van der Waals surface area contributed by atoms with E-state index >= 15 is 0 Å². The van der Waals surface area contributed by atoms with Crippen molar-refractivity contribution in [2.45, 2.75) is 46.0 Å². The van der Waals surface area contributed by atoms with Crippen molar-refractivity contribution in [2.24, 2.45) is 5.73 Å². The van der Waals surface area contributed by atoms with Crippen LogP contribution < -0.4 is 5.73 Å². The molecule has 2 amide bonds. The van der Waals surface area contributed by atoms with Gasteiger partial charge in [0.2, 0.25) is 11.8 Å². The van der Waals surface area contributed by atoms with Crippen LogP contribution in [0.15, 0.2) is 0 Å². The quantitative estimate of drug-likeness (QED) is 0.661. The second kappa shape index (κ2) is 8.26. The fraction of sp³-hybridized carbons (Fsp3) is 0.818. The van der Waals surface area contributed by atoms with Crippen LogP contribution in [0.5, 0.6) is 0 Å². The number of carbonyl (C=O) groups is 2. The van der Waals surface area contributed by atoms with Gasteiger partial charge in [-0.25, -0.2) is 0 Å². The largest absolute Gasteiger partial charge is 0.370 e. The molecule has 0 aromatic heterocycles. The van der Waals surface area contributed by atoms with Crippen molar-refractivity contribution in [3.05, 3.63) is 0 Å². The van der Waals surface area contributed by atoms with E-state index in [9.17, 15) is 9.59 Å². The number of nitrogens with zero attached hydrogens (tertiary/aromatic N) is 1. The fourth-order valence-corrected chi connectivity index (χ4v) is 1.47. The minimum Gasteiger partial charge on any atom is -0.370 e. The Morgan fingerprint density at radius 2 is 1.60 bits per heavy atom. The van der Waals surface area contributed by atoms with Gasteiger partial charge in [-0.1, -0.05) is 13.8 Å². The zero-order valence-corrected chi connectivity index (χ0v) is 9.79. The van der Waals surface area contributed by atoms with Gasteiger partial charge in [-0.3, -0.25) is 9.59 Å². The van der Waals surface area contributed by atoms with Crippen LogP contribution in [0.3, 0.4) is 0 Å². The summed E-state index contributed by atoms with van der Waals surface area (Å²) in [4.78, 5) is 24.0. The van der Waals surface area contributed by atoms with Gasteiger partial charge in [0.1, 0.15) is 0 Å². The minimum atomic E-state index is -0.333. The molecule has 0 spiro atoms. The highest BCUT2D eigenvalue weighted by molar-refractivity contribution is 5.78. The molecule has 0 aliphatic heterocycles. The lowest BCUT2D eigenvalue weighted by Crippen LogP contribution is -2.32. The van der Waals surface area contributed by atoms with Crippen LogP contribution in [-0.2, 0) is 9.59 Å². The molecule has 0 fully saturated rings. The number of primary amides is 1. The van der Waals surface area contributed by atoms with Gasteiger partial charge in [-0.15, -0.1) is 0 Å². The molecule has 0 aliphatic carbocycles. The van der Waals surface area contributed by atoms with Crippen molar-refractivity contribution in [3.8, 4) is 0 Å². The molecule has 0 atom stereocenters. The third-order valence-electron chi connectivity index (χ3n) is 2.15. The van der Waals surface area contributed by atoms with E-state index in [1.807, 2.05) is 4.90 Å². The van der Waals surface area contributed by atoms with Crippen molar-refractivity contribution in [3.63, 3.8) is 0 Å². The van der Waals surface area contributed by atoms with Gasteiger partial charge in [-0.2, -0.15) is 0 Å². The topological polar surface area (TPSA) is 63.4 Å². The van der Waals surface area contributed by atoms with Crippen LogP contribution >= 0.6 is 0 Å². The minimum absolute atomic E-state index is 0.139. The Bertz CT molecular complexity index is 199. The van der Waals surface area contributed by atoms with Gasteiger partial charge in [0, 0.05) is 25.9 Å². The molecule has 0 aliphatic rings. The SMILES string of the molecule is CCCN(CCC)C(=O)CCCC(N)=O. The summed E-state index contributed by atoms with van der Waals surface area (Å²) in [6, 6.07) is 0. The molecule has 0 saturated heterocycles. The molecule has 4 nitrogen and oxygen atoms in total. The van der Waals surface area contributed by atoms with Crippen molar-refractivity contribution in [1.82, 2.24) is 4.90 Å². The molecule has 0 unspecified atom stereocenters. The third-order valence-corrected chi connectivity index (χ3v) is 2.15. The highest BCUT2D eigenvalue weighted by atomic mass is 16.2. The Morgan fingerprint density at radius 1 is 1.07 bits per heavy atom. The van der Waals surface area contributed by atoms with Crippen molar-refractivity contribution in [1.29, 1.82) is 0 Å². The second-order valence-electron chi connectivity index (χ2n) is 3.70. The van der Waals surface area contributed by atoms with Crippen LogP contribution in [0.2, 0.25) is 0 Å². The summed E-state index contributed by atoms with van der Waals surface area (Å²) in [5.74, 6) is -0.194. The fourth-order valence-electron chi connectivity index (χ4n) is 1.47. The first-order valence-corrected chi connectivity index (χ1v) is 5.67. The Morgan fingerprint density at radius 3 is 2.00 bits per heavy atom. The standard InChI is InChI=1S/C11H22N2O2/c1-3-8-13(9-4-2)11(15)7-5-6-10(12)14/h3-9H2,1-2H3,(H2,12,14). The normalized spacial score (nSPS) is 10.0. The maximum Gasteiger partial charge on any atom is 0.222 e. The van der Waals surface area contributed by atoms with Crippen LogP contribution in [0.4, 0.5) is 0 Å². The number of hydrogen-bond donors (Lipinski definition) is 1. The van der Waals surface area contributed by atoms with E-state index in [1.165, 1.54) is 0 Å². The Hall–Kier alpha value is -1.06. The molecule has 0 aromatic carbocycles. The monoisotopic (exact) mass is 214 g/mol. The number of carbonyl (C=O) groups excluding carboxylic acids is 2. The molecule has 0 rings (SSSR count). The maximum absolute atomic E-state index is 11.7. The van der Waals surface area contributed by atoms with Crippen LogP contribution in [0.1, 0.15) is 46.0 Å². The summed E-state index contributed by atoms with van der Waals surface area (Å²) in [6.45, 7) is 5.73. The van der Waals surface area contributed by atoms with Crippen molar-refractivity contribution >= 4 is 11.8 Å². The van der Waals surface area contributed by atoms with E-state index in [2.05, 4.69) is 13.8 Å². The molecule has 0 heterocycles. The van der Waals surface area contributed by atoms with Gasteiger partial charge < -0.3 is 10.6 Å². The third kappa shape index (κ3) is 6.94. The van der Waals surface area contributed by atoms with E-state index in [1.54, 1.807) is 0 Å². The Labute approximate surface area is 91.8 Å². The molecule has 2 N–H and O–H groups in total. The van der Waals surface area contributed by atoms with Crippen LogP contribution in [0.25, 0.3) is 0 Å². The lowest BCUT2D eigenvalue weighted by molar-refractivity contribution is -0.131. The van der Waals surface area contributed by atoms with Crippen molar-refractivity contribution < 1.29 is 9.59 Å². The number of rotatable bonds is 8. The van der Waals surface area contributed by atoms with Crippen molar-refractivity contribution in [2.75, 3.05) is 13.1 Å². The molecular weight excluding hydrogens is 192 g/mol. The lowest BCUT2D eigenvalue weighted by Gasteiger charge is -2.21. The first-order valence-electron chi connectivity index (χ1n) is 5.67. The summed E-state index contributed by atoms with van der Waals surface area (Å²) in [5, 5.41) is 0. The summed E-state index contributed by atoms with van der Waals surface area (Å²) >= 11 is 0. The van der Waals surface area contributed by atoms with E-state index in [0.29, 0.717) is 19.3 Å². The zero-order valence-electron chi connectivity index (χ0n) is 9.79. The summed E-state index contributed by atoms with van der Waals surface area (Å²) in [7, 11) is 0. The van der Waals surface area contributed by atoms with Gasteiger partial charge in [0.15, 0.2) is 0 Å². The molecule has 0 aromatic rings. The summed E-state index contributed by atoms with van der Waals surface area (Å²) in [6.07, 6.45) is 3.25. The van der Waals surface area contributed by atoms with Gasteiger partial charge >= 0.3 is 0 Å². The van der Waals surface area contributed by atoms with Gasteiger partial charge in [0.05, 0.1) is 0 Å². The highest BCUT2D eigenvalue weighted by Crippen LogP contribution is 2.02. The van der Waals surface area contributed by atoms with E-state index in [-0.39, 0.29) is 11.8 Å². The molecule has 88 valence electrons. The predicted molar refractivity (Wildman–Crippen MR) is 60.2 cm³/mol. The molecule has 15 heavy (non-hydrogen) atoms. The van der Waals surface area contributed by atoms with Gasteiger partial charge in [-0.05, 0) is 19.3 Å². The summed E-state index contributed by atoms with van der Waals surface area (Å²) in [5.41, 5.74) is 5.01. The summed E-state index contributed by atoms with van der Waals surface area (Å²) < 4.78 is 0. The van der Waals surface area contributed by atoms with E-state index in [4.69, 9.17) is 5.73 Å². The molecule has 0 saturated carbocycles. The molecule has 4 heteroatoms. The molecule has 0 radical (unpaired) electrons.